The maximum Gasteiger partial charge on any atom is 0.180 e. The van der Waals surface area contributed by atoms with Crippen LogP contribution in [0.2, 0.25) is 0 Å². The third kappa shape index (κ3) is 3.08. The van der Waals surface area contributed by atoms with Crippen LogP contribution in [0.4, 0.5) is 0 Å². The molecule has 0 saturated heterocycles. The summed E-state index contributed by atoms with van der Waals surface area (Å²) in [6, 6.07) is 14.8. The topological polar surface area (TPSA) is 26.0 Å². The molecule has 3 rings (SSSR count). The number of fused-ring (bicyclic) bond motifs is 1. The average Bonchev–Trinajstić information content (AvgIpc) is 2.99. The van der Waals surface area contributed by atoms with Crippen molar-refractivity contribution in [2.24, 2.45) is 0 Å². The van der Waals surface area contributed by atoms with Crippen LogP contribution in [0.25, 0.3) is 10.8 Å². The first-order chi connectivity index (χ1) is 8.92. The summed E-state index contributed by atoms with van der Waals surface area (Å²) in [6.07, 6.45) is 7.36. The van der Waals surface area contributed by atoms with E-state index in [4.69, 9.17) is 0 Å². The number of rotatable bonds is 2. The van der Waals surface area contributed by atoms with Crippen LogP contribution in [0.15, 0.2) is 78.4 Å². The summed E-state index contributed by atoms with van der Waals surface area (Å²) in [5.41, 5.74) is 1.35. The molecule has 0 radical (unpaired) electrons. The standard InChI is InChI=1S/C13H12.C3H3NO/c1-2-6-11-8-5-9-12-7-3-4-10-13(11)12;1-2-5-3-4-1/h2-5,7-10H,1,6H2;1-3H. The van der Waals surface area contributed by atoms with E-state index in [1.807, 2.05) is 6.08 Å². The van der Waals surface area contributed by atoms with Gasteiger partial charge in [0.05, 0.1) is 6.20 Å². The summed E-state index contributed by atoms with van der Waals surface area (Å²) in [5, 5.41) is 2.65. The van der Waals surface area contributed by atoms with Gasteiger partial charge in [0.25, 0.3) is 0 Å². The lowest BCUT2D eigenvalue weighted by Gasteiger charge is -2.02. The Labute approximate surface area is 107 Å². The first-order valence-corrected chi connectivity index (χ1v) is 5.81. The molecule has 0 amide bonds. The Bertz CT molecular complexity index is 577. The fourth-order valence-corrected chi connectivity index (χ4v) is 1.80. The van der Waals surface area contributed by atoms with E-state index in [1.54, 1.807) is 6.20 Å². The van der Waals surface area contributed by atoms with Gasteiger partial charge in [0.1, 0.15) is 6.26 Å². The van der Waals surface area contributed by atoms with Crippen molar-refractivity contribution in [3.63, 3.8) is 0 Å². The van der Waals surface area contributed by atoms with Crippen molar-refractivity contribution < 1.29 is 4.42 Å². The highest BCUT2D eigenvalue weighted by Crippen LogP contribution is 2.18. The Balaban J connectivity index is 0.000000202. The summed E-state index contributed by atoms with van der Waals surface area (Å²) in [5.74, 6) is 0. The molecule has 3 aromatic rings. The van der Waals surface area contributed by atoms with Gasteiger partial charge >= 0.3 is 0 Å². The number of aromatic nitrogens is 1. The predicted molar refractivity (Wildman–Crippen MR) is 74.4 cm³/mol. The smallest absolute Gasteiger partial charge is 0.180 e. The van der Waals surface area contributed by atoms with Crippen molar-refractivity contribution in [3.05, 3.63) is 79.5 Å². The number of allylic oxidation sites excluding steroid dienone is 1. The quantitative estimate of drug-likeness (QED) is 0.623. The van der Waals surface area contributed by atoms with Gasteiger partial charge in [-0.25, -0.2) is 4.98 Å². The zero-order chi connectivity index (χ0) is 12.6. The van der Waals surface area contributed by atoms with E-state index < -0.39 is 0 Å². The lowest BCUT2D eigenvalue weighted by molar-refractivity contribution is 0.558. The van der Waals surface area contributed by atoms with Gasteiger partial charge in [-0.2, -0.15) is 0 Å². The minimum atomic E-state index is 0.946. The molecule has 0 unspecified atom stereocenters. The molecule has 0 atom stereocenters. The third-order valence-electron chi connectivity index (χ3n) is 2.59. The highest BCUT2D eigenvalue weighted by molar-refractivity contribution is 5.85. The fraction of sp³-hybridized carbons (Fsp3) is 0.0625. The van der Waals surface area contributed by atoms with Gasteiger partial charge in [-0.15, -0.1) is 6.58 Å². The van der Waals surface area contributed by atoms with E-state index in [0.29, 0.717) is 0 Å². The Morgan fingerprint density at radius 3 is 2.61 bits per heavy atom. The van der Waals surface area contributed by atoms with Crippen molar-refractivity contribution in [2.45, 2.75) is 6.42 Å². The Kier molecular flexibility index (Phi) is 4.31. The number of hydrogen-bond donors (Lipinski definition) is 0. The molecule has 0 bridgehead atoms. The third-order valence-corrected chi connectivity index (χ3v) is 2.59. The molecule has 90 valence electrons. The summed E-state index contributed by atoms with van der Waals surface area (Å²) in [4.78, 5) is 3.56. The normalized spacial score (nSPS) is 9.56. The maximum absolute atomic E-state index is 4.47. The molecular formula is C16H15NO. The van der Waals surface area contributed by atoms with Gasteiger partial charge < -0.3 is 4.42 Å². The minimum Gasteiger partial charge on any atom is -0.452 e. The van der Waals surface area contributed by atoms with Gasteiger partial charge in [-0.05, 0) is 22.8 Å². The molecule has 0 saturated carbocycles. The lowest BCUT2D eigenvalue weighted by atomic mass is 10.0. The van der Waals surface area contributed by atoms with Gasteiger partial charge in [0.2, 0.25) is 0 Å². The number of oxazole rings is 1. The van der Waals surface area contributed by atoms with E-state index in [2.05, 4.69) is 58.4 Å². The van der Waals surface area contributed by atoms with Crippen LogP contribution in [0.3, 0.4) is 0 Å². The lowest BCUT2D eigenvalue weighted by Crippen LogP contribution is -1.82. The fourth-order valence-electron chi connectivity index (χ4n) is 1.80. The van der Waals surface area contributed by atoms with Crippen LogP contribution in [-0.2, 0) is 6.42 Å². The predicted octanol–water partition coefficient (Wildman–Crippen LogP) is 4.24. The zero-order valence-electron chi connectivity index (χ0n) is 10.1. The summed E-state index contributed by atoms with van der Waals surface area (Å²) in [7, 11) is 0. The monoisotopic (exact) mass is 237 g/mol. The molecule has 2 heteroatoms. The van der Waals surface area contributed by atoms with Crippen molar-refractivity contribution in [1.29, 1.82) is 0 Å². The first-order valence-electron chi connectivity index (χ1n) is 5.81. The molecule has 0 aliphatic heterocycles. The van der Waals surface area contributed by atoms with Crippen LogP contribution < -0.4 is 0 Å². The molecule has 2 nitrogen and oxygen atoms in total. The van der Waals surface area contributed by atoms with E-state index in [1.165, 1.54) is 29.0 Å². The molecule has 0 spiro atoms. The SMILES string of the molecule is C=CCc1cccc2ccccc12.c1cocn1. The van der Waals surface area contributed by atoms with Gasteiger partial charge in [-0.3, -0.25) is 0 Å². The Hall–Kier alpha value is -2.35. The van der Waals surface area contributed by atoms with Crippen LogP contribution in [-0.4, -0.2) is 4.98 Å². The molecule has 2 aromatic carbocycles. The molecule has 1 heterocycles. The van der Waals surface area contributed by atoms with E-state index in [-0.39, 0.29) is 0 Å². The summed E-state index contributed by atoms with van der Waals surface area (Å²) in [6.45, 7) is 3.76. The van der Waals surface area contributed by atoms with Crippen LogP contribution >= 0.6 is 0 Å². The van der Waals surface area contributed by atoms with Gasteiger partial charge in [-0.1, -0.05) is 48.5 Å². The van der Waals surface area contributed by atoms with Gasteiger partial charge in [0, 0.05) is 0 Å². The molecule has 0 aliphatic carbocycles. The van der Waals surface area contributed by atoms with Crippen molar-refractivity contribution >= 4 is 10.8 Å². The van der Waals surface area contributed by atoms with Crippen molar-refractivity contribution in [2.75, 3.05) is 0 Å². The van der Waals surface area contributed by atoms with E-state index >= 15 is 0 Å². The highest BCUT2D eigenvalue weighted by Gasteiger charge is 1.96. The largest absolute Gasteiger partial charge is 0.452 e. The summed E-state index contributed by atoms with van der Waals surface area (Å²) >= 11 is 0. The molecule has 18 heavy (non-hydrogen) atoms. The first kappa shape index (κ1) is 12.1. The van der Waals surface area contributed by atoms with Crippen LogP contribution in [0, 0.1) is 0 Å². The van der Waals surface area contributed by atoms with Crippen LogP contribution in [0.5, 0.6) is 0 Å². The second-order valence-corrected chi connectivity index (χ2v) is 3.81. The second-order valence-electron chi connectivity index (χ2n) is 3.81. The number of benzene rings is 2. The molecule has 0 N–H and O–H groups in total. The average molecular weight is 237 g/mol. The maximum atomic E-state index is 4.47. The van der Waals surface area contributed by atoms with E-state index in [0.717, 1.165) is 6.42 Å². The van der Waals surface area contributed by atoms with Gasteiger partial charge in [0.15, 0.2) is 6.39 Å². The Morgan fingerprint density at radius 1 is 1.11 bits per heavy atom. The highest BCUT2D eigenvalue weighted by atomic mass is 16.3. The number of nitrogens with zero attached hydrogens (tertiary/aromatic N) is 1. The molecule has 0 aliphatic rings. The van der Waals surface area contributed by atoms with E-state index in [9.17, 15) is 0 Å². The molecular weight excluding hydrogens is 222 g/mol. The minimum absolute atomic E-state index is 0.946. The molecule has 1 aromatic heterocycles. The number of hydrogen-bond acceptors (Lipinski definition) is 2. The second kappa shape index (κ2) is 6.40. The Morgan fingerprint density at radius 2 is 1.94 bits per heavy atom. The molecule has 0 fully saturated rings. The van der Waals surface area contributed by atoms with Crippen LogP contribution in [0.1, 0.15) is 5.56 Å². The van der Waals surface area contributed by atoms with Crippen molar-refractivity contribution in [1.82, 2.24) is 4.98 Å². The summed E-state index contributed by atoms with van der Waals surface area (Å²) < 4.78 is 4.47. The zero-order valence-corrected chi connectivity index (χ0v) is 10.1. The van der Waals surface area contributed by atoms with Crippen molar-refractivity contribution in [3.8, 4) is 0 Å².